The molecule has 4 aliphatic heterocycles. The molecule has 6 heterocycles. The zero-order valence-electron chi connectivity index (χ0n) is 31.8. The van der Waals surface area contributed by atoms with Gasteiger partial charge in [-0.2, -0.15) is 4.31 Å². The van der Waals surface area contributed by atoms with Gasteiger partial charge < -0.3 is 49.5 Å². The van der Waals surface area contributed by atoms with Crippen LogP contribution in [0.25, 0.3) is 22.6 Å². The van der Waals surface area contributed by atoms with E-state index in [1.165, 1.54) is 43.8 Å². The van der Waals surface area contributed by atoms with E-state index in [0.29, 0.717) is 5.56 Å². The molecule has 22 heteroatoms. The first-order chi connectivity index (χ1) is 26.1. The van der Waals surface area contributed by atoms with Crippen molar-refractivity contribution in [3.8, 4) is 11.4 Å². The Hall–Kier alpha value is -2.49. The molecule has 2 fully saturated rings. The summed E-state index contributed by atoms with van der Waals surface area (Å²) in [5.41, 5.74) is -0.704. The maximum absolute atomic E-state index is 13.6. The van der Waals surface area contributed by atoms with Crippen molar-refractivity contribution in [1.82, 2.24) is 28.9 Å². The van der Waals surface area contributed by atoms with Gasteiger partial charge in [-0.15, -0.1) is 0 Å². The van der Waals surface area contributed by atoms with Gasteiger partial charge in [0, 0.05) is 5.56 Å². The van der Waals surface area contributed by atoms with Crippen LogP contribution in [0.3, 0.4) is 0 Å². The fourth-order valence-corrected chi connectivity index (χ4v) is 8.32. The van der Waals surface area contributed by atoms with Crippen LogP contribution in [0, 0.1) is 0 Å². The van der Waals surface area contributed by atoms with Crippen LogP contribution in [-0.2, 0) is 32.0 Å². The summed E-state index contributed by atoms with van der Waals surface area (Å²) >= 11 is 0. The molecule has 1 aromatic carbocycles. The van der Waals surface area contributed by atoms with E-state index in [-0.39, 0.29) is 17.0 Å². The maximum Gasteiger partial charge on any atom is 0.481 e. The maximum atomic E-state index is 13.6. The second kappa shape index (κ2) is 19.8. The molecule has 310 valence electrons. The highest BCUT2D eigenvalue weighted by Crippen LogP contribution is 2.61. The molecule has 0 radical (unpaired) electrons. The van der Waals surface area contributed by atoms with E-state index >= 15 is 0 Å². The van der Waals surface area contributed by atoms with Gasteiger partial charge in [-0.05, 0) is 39.3 Å². The fourth-order valence-electron chi connectivity index (χ4n) is 6.23. The lowest BCUT2D eigenvalue weighted by Crippen LogP contribution is -2.36. The molecule has 7 rings (SSSR count). The molecule has 6 N–H and O–H groups in total. The van der Waals surface area contributed by atoms with E-state index in [0.717, 1.165) is 10.9 Å². The molecular formula is C33H54N6O14P2. The topological polar surface area (TPSA) is 261 Å². The predicted molar refractivity (Wildman–Crippen MR) is 199 cm³/mol. The lowest BCUT2D eigenvalue weighted by molar-refractivity contribution is -0.0559. The number of hydrogen-bond acceptors (Lipinski definition) is 16. The molecule has 0 amide bonds. The van der Waals surface area contributed by atoms with Gasteiger partial charge in [0.2, 0.25) is 0 Å². The highest BCUT2D eigenvalue weighted by atomic mass is 31.3. The van der Waals surface area contributed by atoms with Crippen LogP contribution in [-0.4, -0.2) is 148 Å². The highest BCUT2D eigenvalue weighted by Gasteiger charge is 2.49. The van der Waals surface area contributed by atoms with Crippen LogP contribution >= 0.6 is 15.6 Å². The number of nitrogens with zero attached hydrogens (tertiary/aromatic N) is 6. The molecule has 55 heavy (non-hydrogen) atoms. The fraction of sp³-hybridized carbons (Fsp3) is 0.667. The molecule has 2 aromatic heterocycles. The number of fused-ring (bicyclic) bond motifs is 7. The van der Waals surface area contributed by atoms with Gasteiger partial charge in [0.15, 0.2) is 23.6 Å². The molecule has 8 bridgehead atoms. The average Bonchev–Trinajstić information content (AvgIpc) is 3.78. The molecule has 0 aliphatic carbocycles. The van der Waals surface area contributed by atoms with Crippen LogP contribution in [0.4, 0.5) is 0 Å². The van der Waals surface area contributed by atoms with E-state index < -0.39 is 83.5 Å². The quantitative estimate of drug-likeness (QED) is 0.184. The van der Waals surface area contributed by atoms with E-state index in [9.17, 15) is 44.1 Å². The van der Waals surface area contributed by atoms with Crippen molar-refractivity contribution in [2.24, 2.45) is 0 Å². The van der Waals surface area contributed by atoms with Crippen molar-refractivity contribution in [2.75, 3.05) is 52.5 Å². The molecule has 3 aromatic rings. The van der Waals surface area contributed by atoms with Crippen LogP contribution in [0.5, 0.6) is 0 Å². The van der Waals surface area contributed by atoms with Gasteiger partial charge in [-0.3, -0.25) is 23.0 Å². The first-order valence-corrected chi connectivity index (χ1v) is 21.2. The zero-order chi connectivity index (χ0) is 40.7. The minimum Gasteiger partial charge on any atom is -0.387 e. The van der Waals surface area contributed by atoms with Crippen LogP contribution in [0.15, 0.2) is 41.5 Å². The van der Waals surface area contributed by atoms with Crippen molar-refractivity contribution in [1.29, 1.82) is 0 Å². The monoisotopic (exact) mass is 820 g/mol. The van der Waals surface area contributed by atoms with Gasteiger partial charge in [0.25, 0.3) is 5.56 Å². The third-order valence-corrected chi connectivity index (χ3v) is 12.2. The number of phosphoric ester groups is 2. The Morgan fingerprint density at radius 2 is 1.18 bits per heavy atom. The highest BCUT2D eigenvalue weighted by molar-refractivity contribution is 7.61. The Balaban J connectivity index is 0.000000410. The van der Waals surface area contributed by atoms with Crippen LogP contribution < -0.4 is 5.56 Å². The Bertz CT molecular complexity index is 1800. The number of rotatable bonds is 7. The first kappa shape index (κ1) is 45.2. The van der Waals surface area contributed by atoms with Gasteiger partial charge in [0.05, 0.1) is 13.2 Å². The zero-order valence-corrected chi connectivity index (χ0v) is 33.6. The second-order valence-corrected chi connectivity index (χ2v) is 15.8. The van der Waals surface area contributed by atoms with E-state index in [2.05, 4.69) is 70.1 Å². The third kappa shape index (κ3) is 10.7. The third-order valence-electron chi connectivity index (χ3n) is 9.56. The number of aliphatic hydroxyl groups is 4. The van der Waals surface area contributed by atoms with Crippen molar-refractivity contribution in [2.45, 2.75) is 90.6 Å². The lowest BCUT2D eigenvalue weighted by Gasteiger charge is -2.21. The molecular weight excluding hydrogens is 766 g/mol. The Labute approximate surface area is 319 Å². The molecule has 0 spiro atoms. The normalized spacial score (nSPS) is 32.3. The van der Waals surface area contributed by atoms with Gasteiger partial charge in [-0.25, -0.2) is 19.1 Å². The molecule has 0 saturated carbocycles. The second-order valence-electron chi connectivity index (χ2n) is 12.7. The summed E-state index contributed by atoms with van der Waals surface area (Å²) < 4.78 is 51.7. The molecule has 10 atom stereocenters. The number of aromatic nitrogens is 4. The Kier molecular flexibility index (Phi) is 16.3. The van der Waals surface area contributed by atoms with Crippen LogP contribution in [0.1, 0.15) is 54.0 Å². The lowest BCUT2D eigenvalue weighted by atomic mass is 10.1. The standard InChI is InChI=1S/C21H24N4O14P2.2C6H15N/c26-13-10-6-35-40(31,32)39-41(33,34)36-7-11-14(27)16(29)21(38-11)25-17(9-4-2-1-3-5-9)23-12-18(25)22-8-24(19(12)30)20(37-10)15(13)28;2*1-4-7(5-2)6-3/h1-5,8,10-11,13-16,20-21,26-29H,6-7H2,(H,31,32)(H,33,34);2*4-6H2,1-3H3/t10-,11-,13-,14-,15-,16-,20-,21-;;/m1../s1. The summed E-state index contributed by atoms with van der Waals surface area (Å²) in [6.07, 6.45) is -11.9. The van der Waals surface area contributed by atoms with E-state index in [1.807, 2.05) is 0 Å². The Morgan fingerprint density at radius 3 is 1.64 bits per heavy atom. The van der Waals surface area contributed by atoms with E-state index in [1.54, 1.807) is 30.3 Å². The molecule has 20 nitrogen and oxygen atoms in total. The predicted octanol–water partition coefficient (Wildman–Crippen LogP) is 1.46. The van der Waals surface area contributed by atoms with Crippen molar-refractivity contribution in [3.05, 3.63) is 47.0 Å². The average molecular weight is 821 g/mol. The van der Waals surface area contributed by atoms with Crippen molar-refractivity contribution < 1.29 is 62.2 Å². The van der Waals surface area contributed by atoms with Crippen LogP contribution in [0.2, 0.25) is 0 Å². The summed E-state index contributed by atoms with van der Waals surface area (Å²) in [6.45, 7) is 18.4. The van der Waals surface area contributed by atoms with E-state index in [4.69, 9.17) is 14.0 Å². The van der Waals surface area contributed by atoms with Gasteiger partial charge >= 0.3 is 15.6 Å². The van der Waals surface area contributed by atoms with Crippen molar-refractivity contribution >= 4 is 26.8 Å². The van der Waals surface area contributed by atoms with Crippen molar-refractivity contribution in [3.63, 3.8) is 0 Å². The molecule has 4 aliphatic rings. The number of phosphoric acid groups is 2. The minimum atomic E-state index is -5.33. The number of benzene rings is 1. The number of ether oxygens (including phenoxy) is 2. The number of aliphatic hydroxyl groups excluding tert-OH is 4. The smallest absolute Gasteiger partial charge is 0.387 e. The summed E-state index contributed by atoms with van der Waals surface area (Å²) in [5.74, 6) is 0.0928. The number of hydrogen-bond donors (Lipinski definition) is 6. The number of imidazole rings is 1. The summed E-state index contributed by atoms with van der Waals surface area (Å²) in [4.78, 5) is 47.0. The SMILES string of the molecule is CCN(CC)CC.CCN(CC)CC.O=c1c2nc(-c3ccccc3)n3c2ncn1[C@@H]1O[C@H](COP(=O)(O)OP(=O)(O)OC[C@H]2O[C@@H]3[C@H](O)[C@@H]2O)[C@@H](O)[C@H]1O. The van der Waals surface area contributed by atoms with Gasteiger partial charge in [-0.1, -0.05) is 71.9 Å². The summed E-state index contributed by atoms with van der Waals surface area (Å²) in [7, 11) is -10.6. The molecule has 2 saturated heterocycles. The molecule has 2 unspecified atom stereocenters. The minimum absolute atomic E-state index is 0.0886. The summed E-state index contributed by atoms with van der Waals surface area (Å²) in [6, 6.07) is 8.42. The van der Waals surface area contributed by atoms with Gasteiger partial charge in [0.1, 0.15) is 48.8 Å². The first-order valence-electron chi connectivity index (χ1n) is 18.2. The Morgan fingerprint density at radius 1 is 0.727 bits per heavy atom. The largest absolute Gasteiger partial charge is 0.481 e. The summed E-state index contributed by atoms with van der Waals surface area (Å²) in [5, 5.41) is 42.6.